The van der Waals surface area contributed by atoms with Crippen molar-refractivity contribution in [3.8, 4) is 11.5 Å². The van der Waals surface area contributed by atoms with E-state index >= 15 is 0 Å². The van der Waals surface area contributed by atoms with E-state index in [9.17, 15) is 9.59 Å². The molecular weight excluding hydrogens is 424 g/mol. The molecule has 2 aromatic rings. The van der Waals surface area contributed by atoms with Crippen LogP contribution in [0.2, 0.25) is 0 Å². The summed E-state index contributed by atoms with van der Waals surface area (Å²) in [5.41, 5.74) is 7.83. The molecule has 7 heteroatoms. The number of hydrazine groups is 1. The van der Waals surface area contributed by atoms with E-state index in [1.54, 1.807) is 0 Å². The summed E-state index contributed by atoms with van der Waals surface area (Å²) in [6.07, 6.45) is 0. The number of carbonyl (C=O) groups is 2. The van der Waals surface area contributed by atoms with Gasteiger partial charge in [0.15, 0.2) is 13.2 Å². The highest BCUT2D eigenvalue weighted by Gasteiger charge is 2.10. The Bertz CT molecular complexity index is 852. The molecule has 2 aromatic carbocycles. The van der Waals surface area contributed by atoms with Gasteiger partial charge in [0.25, 0.3) is 11.8 Å². The first kappa shape index (κ1) is 21.8. The van der Waals surface area contributed by atoms with Gasteiger partial charge in [0.05, 0.1) is 4.47 Å². The topological polar surface area (TPSA) is 76.7 Å². The number of hydrogen-bond acceptors (Lipinski definition) is 4. The van der Waals surface area contributed by atoms with Gasteiger partial charge in [0.1, 0.15) is 11.5 Å². The number of rotatable bonds is 7. The third-order valence-electron chi connectivity index (χ3n) is 4.01. The molecule has 0 bridgehead atoms. The molecule has 0 saturated heterocycles. The van der Waals surface area contributed by atoms with Gasteiger partial charge in [0, 0.05) is 0 Å². The zero-order valence-electron chi connectivity index (χ0n) is 16.5. The lowest BCUT2D eigenvalue weighted by Crippen LogP contribution is -2.45. The maximum atomic E-state index is 11.9. The SMILES string of the molecule is Cc1ccc(OCC(=O)NNC(=O)COc2ccc(C(C)C)cc2Br)c(C)c1. The molecule has 0 aliphatic carbocycles. The normalized spacial score (nSPS) is 10.5. The summed E-state index contributed by atoms with van der Waals surface area (Å²) in [6, 6.07) is 11.4. The molecule has 2 amide bonds. The van der Waals surface area contributed by atoms with Gasteiger partial charge in [-0.25, -0.2) is 0 Å². The van der Waals surface area contributed by atoms with E-state index in [2.05, 4.69) is 40.6 Å². The van der Waals surface area contributed by atoms with Gasteiger partial charge in [-0.3, -0.25) is 20.4 Å². The molecule has 0 radical (unpaired) electrons. The molecule has 0 atom stereocenters. The summed E-state index contributed by atoms with van der Waals surface area (Å²) in [7, 11) is 0. The van der Waals surface area contributed by atoms with Gasteiger partial charge >= 0.3 is 0 Å². The fourth-order valence-corrected chi connectivity index (χ4v) is 2.96. The van der Waals surface area contributed by atoms with E-state index in [0.29, 0.717) is 17.4 Å². The van der Waals surface area contributed by atoms with Crippen molar-refractivity contribution in [2.75, 3.05) is 13.2 Å². The number of aryl methyl sites for hydroxylation is 2. The molecule has 2 rings (SSSR count). The second-order valence-electron chi connectivity index (χ2n) is 6.79. The highest BCUT2D eigenvalue weighted by atomic mass is 79.9. The smallest absolute Gasteiger partial charge is 0.276 e. The van der Waals surface area contributed by atoms with E-state index in [-0.39, 0.29) is 13.2 Å². The molecule has 28 heavy (non-hydrogen) atoms. The summed E-state index contributed by atoms with van der Waals surface area (Å²) < 4.78 is 11.7. The van der Waals surface area contributed by atoms with Crippen LogP contribution in [0.25, 0.3) is 0 Å². The molecule has 0 aliphatic rings. The number of hydrogen-bond donors (Lipinski definition) is 2. The third-order valence-corrected chi connectivity index (χ3v) is 4.63. The molecule has 0 aliphatic heterocycles. The number of carbonyl (C=O) groups excluding carboxylic acids is 2. The first-order valence-electron chi connectivity index (χ1n) is 8.96. The number of halogens is 1. The maximum absolute atomic E-state index is 11.9. The van der Waals surface area contributed by atoms with Crippen molar-refractivity contribution in [1.82, 2.24) is 10.9 Å². The second kappa shape index (κ2) is 10.1. The van der Waals surface area contributed by atoms with Crippen LogP contribution >= 0.6 is 15.9 Å². The minimum absolute atomic E-state index is 0.201. The van der Waals surface area contributed by atoms with Crippen molar-refractivity contribution >= 4 is 27.7 Å². The molecule has 0 spiro atoms. The summed E-state index contributed by atoms with van der Waals surface area (Å²) in [5, 5.41) is 0. The van der Waals surface area contributed by atoms with Crippen molar-refractivity contribution < 1.29 is 19.1 Å². The molecule has 0 aromatic heterocycles. The largest absolute Gasteiger partial charge is 0.483 e. The van der Waals surface area contributed by atoms with Gasteiger partial charge in [0.2, 0.25) is 0 Å². The van der Waals surface area contributed by atoms with Crippen LogP contribution in [0.4, 0.5) is 0 Å². The molecule has 0 unspecified atom stereocenters. The van der Waals surface area contributed by atoms with E-state index in [1.807, 2.05) is 50.2 Å². The van der Waals surface area contributed by atoms with Crippen LogP contribution in [0.15, 0.2) is 40.9 Å². The quantitative estimate of drug-likeness (QED) is 0.631. The number of nitrogens with one attached hydrogen (secondary N) is 2. The number of ether oxygens (including phenoxy) is 2. The second-order valence-corrected chi connectivity index (χ2v) is 7.64. The van der Waals surface area contributed by atoms with E-state index < -0.39 is 11.8 Å². The Morgan fingerprint density at radius 3 is 2.04 bits per heavy atom. The minimum atomic E-state index is -0.472. The fourth-order valence-electron chi connectivity index (χ4n) is 2.45. The molecule has 0 saturated carbocycles. The maximum Gasteiger partial charge on any atom is 0.276 e. The molecule has 0 heterocycles. The van der Waals surface area contributed by atoms with Crippen LogP contribution in [-0.4, -0.2) is 25.0 Å². The Morgan fingerprint density at radius 1 is 0.929 bits per heavy atom. The minimum Gasteiger partial charge on any atom is -0.483 e. The first-order valence-corrected chi connectivity index (χ1v) is 9.75. The van der Waals surface area contributed by atoms with Crippen LogP contribution in [0.3, 0.4) is 0 Å². The fraction of sp³-hybridized carbons (Fsp3) is 0.333. The highest BCUT2D eigenvalue weighted by Crippen LogP contribution is 2.28. The van der Waals surface area contributed by atoms with Crippen molar-refractivity contribution in [1.29, 1.82) is 0 Å². The lowest BCUT2D eigenvalue weighted by atomic mass is 10.0. The van der Waals surface area contributed by atoms with Crippen LogP contribution in [0.5, 0.6) is 11.5 Å². The average Bonchev–Trinajstić information content (AvgIpc) is 2.64. The van der Waals surface area contributed by atoms with Crippen LogP contribution in [-0.2, 0) is 9.59 Å². The van der Waals surface area contributed by atoms with Crippen LogP contribution < -0.4 is 20.3 Å². The van der Waals surface area contributed by atoms with Gasteiger partial charge in [-0.05, 0) is 65.0 Å². The Balaban J connectivity index is 1.74. The van der Waals surface area contributed by atoms with Gasteiger partial charge in [-0.15, -0.1) is 0 Å². The van der Waals surface area contributed by atoms with E-state index in [4.69, 9.17) is 9.47 Å². The summed E-state index contributed by atoms with van der Waals surface area (Å²) in [5.74, 6) is 0.652. The number of benzene rings is 2. The Hall–Kier alpha value is -2.54. The van der Waals surface area contributed by atoms with Crippen LogP contribution in [0, 0.1) is 13.8 Å². The lowest BCUT2D eigenvalue weighted by Gasteiger charge is -2.12. The lowest BCUT2D eigenvalue weighted by molar-refractivity contribution is -0.131. The first-order chi connectivity index (χ1) is 13.3. The summed E-state index contributed by atoms with van der Waals surface area (Å²) in [6.45, 7) is 7.67. The number of amides is 2. The summed E-state index contributed by atoms with van der Waals surface area (Å²) in [4.78, 5) is 23.7. The van der Waals surface area contributed by atoms with Gasteiger partial charge in [-0.1, -0.05) is 37.6 Å². The zero-order chi connectivity index (χ0) is 20.7. The van der Waals surface area contributed by atoms with Gasteiger partial charge < -0.3 is 9.47 Å². The highest BCUT2D eigenvalue weighted by molar-refractivity contribution is 9.10. The van der Waals surface area contributed by atoms with Crippen molar-refractivity contribution in [2.45, 2.75) is 33.6 Å². The predicted octanol–water partition coefficient (Wildman–Crippen LogP) is 3.79. The molecule has 2 N–H and O–H groups in total. The van der Waals surface area contributed by atoms with Gasteiger partial charge in [-0.2, -0.15) is 0 Å². The van der Waals surface area contributed by atoms with E-state index in [0.717, 1.165) is 15.6 Å². The third kappa shape index (κ3) is 6.56. The van der Waals surface area contributed by atoms with Crippen molar-refractivity contribution in [2.24, 2.45) is 0 Å². The monoisotopic (exact) mass is 448 g/mol. The van der Waals surface area contributed by atoms with Crippen molar-refractivity contribution in [3.05, 3.63) is 57.6 Å². The predicted molar refractivity (Wildman–Crippen MR) is 111 cm³/mol. The summed E-state index contributed by atoms with van der Waals surface area (Å²) >= 11 is 3.44. The van der Waals surface area contributed by atoms with Crippen LogP contribution in [0.1, 0.15) is 36.5 Å². The standard InChI is InChI=1S/C21H25BrN2O4/c1-13(2)16-6-8-19(17(22)10-16)28-12-21(26)24-23-20(25)11-27-18-7-5-14(3)9-15(18)4/h5-10,13H,11-12H2,1-4H3,(H,23,25)(H,24,26). The molecule has 6 nitrogen and oxygen atoms in total. The average molecular weight is 449 g/mol. The Kier molecular flexibility index (Phi) is 7.87. The Morgan fingerprint density at radius 2 is 1.50 bits per heavy atom. The molecule has 150 valence electrons. The Labute approximate surface area is 173 Å². The van der Waals surface area contributed by atoms with E-state index in [1.165, 1.54) is 5.56 Å². The molecular formula is C21H25BrN2O4. The zero-order valence-corrected chi connectivity index (χ0v) is 18.1. The van der Waals surface area contributed by atoms with Crippen molar-refractivity contribution in [3.63, 3.8) is 0 Å². The molecule has 0 fully saturated rings.